The number of benzene rings is 1. The van der Waals surface area contributed by atoms with E-state index in [0.29, 0.717) is 32.7 Å². The lowest BCUT2D eigenvalue weighted by molar-refractivity contribution is 0.943. The first kappa shape index (κ1) is 17.4. The Morgan fingerprint density at radius 1 is 0.917 bits per heavy atom. The lowest BCUT2D eigenvalue weighted by Crippen LogP contribution is -2.03. The molecule has 0 atom stereocenters. The topological polar surface area (TPSA) is 38.7 Å². The molecule has 0 unspecified atom stereocenters. The van der Waals surface area contributed by atoms with Gasteiger partial charge in [0.25, 0.3) is 0 Å². The summed E-state index contributed by atoms with van der Waals surface area (Å²) in [4.78, 5) is 4.33. The van der Waals surface area contributed by atoms with Gasteiger partial charge in [0.1, 0.15) is 0 Å². The van der Waals surface area contributed by atoms with E-state index in [1.807, 2.05) is 31.2 Å². The zero-order valence-electron chi connectivity index (χ0n) is 12.5. The van der Waals surface area contributed by atoms with E-state index < -0.39 is 0 Å². The van der Waals surface area contributed by atoms with Crippen LogP contribution in [0.15, 0.2) is 36.5 Å². The maximum absolute atomic E-state index is 6.31. The maximum Gasteiger partial charge on any atom is 0.161 e. The van der Waals surface area contributed by atoms with Crippen LogP contribution in [0.4, 0.5) is 0 Å². The van der Waals surface area contributed by atoms with Gasteiger partial charge in [0.05, 0.1) is 21.4 Å². The molecule has 0 saturated carbocycles. The van der Waals surface area contributed by atoms with Crippen LogP contribution in [0.25, 0.3) is 11.3 Å². The predicted molar refractivity (Wildman–Crippen MR) is 99.3 cm³/mol. The van der Waals surface area contributed by atoms with Crippen molar-refractivity contribution in [1.29, 1.82) is 0 Å². The van der Waals surface area contributed by atoms with Crippen molar-refractivity contribution in [3.63, 3.8) is 0 Å². The van der Waals surface area contributed by atoms with Crippen LogP contribution in [0.3, 0.4) is 0 Å². The number of hydrogen-bond donors (Lipinski definition) is 0. The molecule has 0 aliphatic carbocycles. The highest BCUT2D eigenvalue weighted by molar-refractivity contribution is 6.37. The van der Waals surface area contributed by atoms with Crippen molar-refractivity contribution < 1.29 is 0 Å². The van der Waals surface area contributed by atoms with Crippen LogP contribution in [-0.2, 0) is 6.42 Å². The zero-order chi connectivity index (χ0) is 17.3. The van der Waals surface area contributed by atoms with Gasteiger partial charge in [0.2, 0.25) is 0 Å². The van der Waals surface area contributed by atoms with Crippen LogP contribution in [0.2, 0.25) is 20.2 Å². The molecule has 0 radical (unpaired) electrons. The third kappa shape index (κ3) is 3.65. The highest BCUT2D eigenvalue weighted by Gasteiger charge is 2.19. The fourth-order valence-corrected chi connectivity index (χ4v) is 3.24. The summed E-state index contributed by atoms with van der Waals surface area (Å²) in [7, 11) is 0. The summed E-state index contributed by atoms with van der Waals surface area (Å²) in [6, 6.07) is 9.22. The van der Waals surface area contributed by atoms with Gasteiger partial charge in [0.15, 0.2) is 5.15 Å². The summed E-state index contributed by atoms with van der Waals surface area (Å²) in [5.74, 6) is 0. The van der Waals surface area contributed by atoms with Gasteiger partial charge in [-0.05, 0) is 36.2 Å². The molecule has 0 aliphatic heterocycles. The first-order chi connectivity index (χ1) is 11.5. The van der Waals surface area contributed by atoms with Gasteiger partial charge in [-0.2, -0.15) is 5.10 Å². The molecule has 3 aromatic rings. The van der Waals surface area contributed by atoms with Gasteiger partial charge in [-0.3, -0.25) is 4.98 Å². The molecule has 2 heterocycles. The van der Waals surface area contributed by atoms with Gasteiger partial charge < -0.3 is 0 Å². The number of aryl methyl sites for hydroxylation is 1. The largest absolute Gasteiger partial charge is 0.253 e. The minimum Gasteiger partial charge on any atom is -0.253 e. The fourth-order valence-electron chi connectivity index (χ4n) is 2.40. The summed E-state index contributed by atoms with van der Waals surface area (Å²) < 4.78 is 0. The van der Waals surface area contributed by atoms with Crippen molar-refractivity contribution >= 4 is 46.4 Å². The molecule has 0 amide bonds. The SMILES string of the molecule is Cc1nnc(Cl)c(-c2ncc(Cl)cc2Cl)c1Cc1ccc(Cl)cc1. The summed E-state index contributed by atoms with van der Waals surface area (Å²) in [6.45, 7) is 1.88. The smallest absolute Gasteiger partial charge is 0.161 e. The van der Waals surface area contributed by atoms with E-state index in [0.717, 1.165) is 16.8 Å². The lowest BCUT2D eigenvalue weighted by Gasteiger charge is -2.14. The van der Waals surface area contributed by atoms with E-state index in [2.05, 4.69) is 15.2 Å². The maximum atomic E-state index is 6.31. The van der Waals surface area contributed by atoms with Gasteiger partial charge in [-0.25, -0.2) is 0 Å². The van der Waals surface area contributed by atoms with Gasteiger partial charge in [-0.15, -0.1) is 5.10 Å². The Balaban J connectivity index is 2.15. The third-order valence-corrected chi connectivity index (χ3v) is 4.58. The molecule has 0 fully saturated rings. The van der Waals surface area contributed by atoms with Crippen LogP contribution in [0, 0.1) is 6.92 Å². The Bertz CT molecular complexity index is 895. The second-order valence-corrected chi connectivity index (χ2v) is 6.86. The number of hydrogen-bond acceptors (Lipinski definition) is 3. The first-order valence-corrected chi connectivity index (χ1v) is 8.54. The van der Waals surface area contributed by atoms with Crippen LogP contribution < -0.4 is 0 Å². The molecule has 0 saturated heterocycles. The van der Waals surface area contributed by atoms with E-state index in [-0.39, 0.29) is 5.15 Å². The number of pyridine rings is 1. The number of halogens is 4. The van der Waals surface area contributed by atoms with E-state index in [4.69, 9.17) is 46.4 Å². The molecular formula is C17H11Cl4N3. The molecule has 0 aliphatic rings. The monoisotopic (exact) mass is 397 g/mol. The van der Waals surface area contributed by atoms with Crippen molar-refractivity contribution in [2.45, 2.75) is 13.3 Å². The highest BCUT2D eigenvalue weighted by Crippen LogP contribution is 2.36. The molecule has 1 aromatic carbocycles. The molecule has 7 heteroatoms. The van der Waals surface area contributed by atoms with Gasteiger partial charge in [-0.1, -0.05) is 58.5 Å². The van der Waals surface area contributed by atoms with E-state index >= 15 is 0 Å². The summed E-state index contributed by atoms with van der Waals surface area (Å²) in [5, 5.41) is 9.92. The van der Waals surface area contributed by atoms with Crippen LogP contribution >= 0.6 is 46.4 Å². The molecule has 2 aromatic heterocycles. The average Bonchev–Trinajstić information content (AvgIpc) is 2.54. The number of nitrogens with zero attached hydrogens (tertiary/aromatic N) is 3. The average molecular weight is 399 g/mol. The van der Waals surface area contributed by atoms with Gasteiger partial charge in [0, 0.05) is 23.2 Å². The van der Waals surface area contributed by atoms with Crippen LogP contribution in [0.5, 0.6) is 0 Å². The Morgan fingerprint density at radius 2 is 1.62 bits per heavy atom. The molecule has 0 spiro atoms. The van der Waals surface area contributed by atoms with Crippen LogP contribution in [0.1, 0.15) is 16.8 Å². The van der Waals surface area contributed by atoms with Crippen molar-refractivity contribution in [1.82, 2.24) is 15.2 Å². The normalized spacial score (nSPS) is 10.9. The molecular weight excluding hydrogens is 388 g/mol. The Morgan fingerprint density at radius 3 is 2.29 bits per heavy atom. The second-order valence-electron chi connectivity index (χ2n) is 5.22. The minimum absolute atomic E-state index is 0.251. The van der Waals surface area contributed by atoms with Crippen molar-refractivity contribution in [2.24, 2.45) is 0 Å². The summed E-state index contributed by atoms with van der Waals surface area (Å²) in [6.07, 6.45) is 2.13. The van der Waals surface area contributed by atoms with Crippen molar-refractivity contribution in [2.75, 3.05) is 0 Å². The second kappa shape index (κ2) is 7.24. The Labute approximate surface area is 159 Å². The molecule has 0 bridgehead atoms. The lowest BCUT2D eigenvalue weighted by atomic mass is 9.98. The first-order valence-electron chi connectivity index (χ1n) is 7.03. The van der Waals surface area contributed by atoms with Crippen LogP contribution in [-0.4, -0.2) is 15.2 Å². The highest BCUT2D eigenvalue weighted by atomic mass is 35.5. The molecule has 122 valence electrons. The standard InChI is InChI=1S/C17H11Cl4N3/c1-9-13(6-10-2-4-11(18)5-3-10)15(17(21)24-23-9)16-14(20)7-12(19)8-22-16/h2-5,7-8H,6H2,1H3. The summed E-state index contributed by atoms with van der Waals surface area (Å²) >= 11 is 24.5. The number of aromatic nitrogens is 3. The fraction of sp³-hybridized carbons (Fsp3) is 0.118. The van der Waals surface area contributed by atoms with Gasteiger partial charge >= 0.3 is 0 Å². The predicted octanol–water partition coefficient (Wildman–Crippen LogP) is 6.05. The van der Waals surface area contributed by atoms with Crippen molar-refractivity contribution in [3.8, 4) is 11.3 Å². The molecule has 3 rings (SSSR count). The molecule has 24 heavy (non-hydrogen) atoms. The quantitative estimate of drug-likeness (QED) is 0.538. The van der Waals surface area contributed by atoms with E-state index in [1.165, 1.54) is 6.20 Å². The zero-order valence-corrected chi connectivity index (χ0v) is 15.5. The third-order valence-electron chi connectivity index (χ3n) is 3.57. The summed E-state index contributed by atoms with van der Waals surface area (Å²) in [5.41, 5.74) is 3.94. The van der Waals surface area contributed by atoms with E-state index in [9.17, 15) is 0 Å². The Kier molecular flexibility index (Phi) is 5.26. The van der Waals surface area contributed by atoms with E-state index in [1.54, 1.807) is 6.07 Å². The minimum atomic E-state index is 0.251. The van der Waals surface area contributed by atoms with Crippen molar-refractivity contribution in [3.05, 3.63) is 73.6 Å². The molecule has 3 nitrogen and oxygen atoms in total. The Hall–Kier alpha value is -1.39. The molecule has 0 N–H and O–H groups in total. The number of rotatable bonds is 3.